The number of ether oxygens (including phenoxy) is 1. The van der Waals surface area contributed by atoms with Crippen LogP contribution in [-0.4, -0.2) is 15.7 Å². The number of nitrogens with zero attached hydrogens (tertiary/aromatic N) is 2. The number of carbonyl (C=O) groups excluding carboxylic acids is 1. The summed E-state index contributed by atoms with van der Waals surface area (Å²) in [6.45, 7) is 4.34. The Kier molecular flexibility index (Phi) is 4.57. The van der Waals surface area contributed by atoms with Gasteiger partial charge in [-0.3, -0.25) is 9.48 Å². The summed E-state index contributed by atoms with van der Waals surface area (Å²) >= 11 is 2.23. The summed E-state index contributed by atoms with van der Waals surface area (Å²) in [7, 11) is 0. The Hall–Kier alpha value is -1.37. The van der Waals surface area contributed by atoms with Crippen LogP contribution in [0.1, 0.15) is 17.0 Å². The number of benzene rings is 1. The van der Waals surface area contributed by atoms with Crippen molar-refractivity contribution in [1.29, 1.82) is 0 Å². The van der Waals surface area contributed by atoms with Crippen molar-refractivity contribution in [3.8, 4) is 0 Å². The Bertz CT molecular complexity index is 579. The minimum absolute atomic E-state index is 0.155. The van der Waals surface area contributed by atoms with Crippen LogP contribution in [0, 0.1) is 17.4 Å². The Labute approximate surface area is 125 Å². The SMILES string of the molecule is Cc1nn(CC(=O)OCc2ccccc2)c(C)c1I. The molecule has 2 aromatic rings. The minimum atomic E-state index is -0.272. The highest BCUT2D eigenvalue weighted by molar-refractivity contribution is 14.1. The van der Waals surface area contributed by atoms with Crippen LogP contribution in [0.4, 0.5) is 0 Å². The van der Waals surface area contributed by atoms with Crippen LogP contribution in [0.15, 0.2) is 30.3 Å². The molecule has 0 unspecified atom stereocenters. The molecule has 0 bridgehead atoms. The van der Waals surface area contributed by atoms with Gasteiger partial charge in [0.15, 0.2) is 0 Å². The molecule has 0 amide bonds. The molecule has 0 spiro atoms. The van der Waals surface area contributed by atoms with Gasteiger partial charge in [0.05, 0.1) is 9.26 Å². The highest BCUT2D eigenvalue weighted by Gasteiger charge is 2.12. The smallest absolute Gasteiger partial charge is 0.328 e. The first-order valence-electron chi connectivity index (χ1n) is 5.97. The molecule has 0 saturated heterocycles. The van der Waals surface area contributed by atoms with E-state index >= 15 is 0 Å². The van der Waals surface area contributed by atoms with E-state index in [4.69, 9.17) is 4.74 Å². The van der Waals surface area contributed by atoms with Crippen molar-refractivity contribution in [3.63, 3.8) is 0 Å². The van der Waals surface area contributed by atoms with Crippen molar-refractivity contribution in [3.05, 3.63) is 50.9 Å². The monoisotopic (exact) mass is 370 g/mol. The first-order valence-corrected chi connectivity index (χ1v) is 7.05. The lowest BCUT2D eigenvalue weighted by Gasteiger charge is -2.06. The second-order valence-corrected chi connectivity index (χ2v) is 5.37. The zero-order chi connectivity index (χ0) is 13.8. The minimum Gasteiger partial charge on any atom is -0.459 e. The molecule has 0 aliphatic carbocycles. The summed E-state index contributed by atoms with van der Waals surface area (Å²) in [5.74, 6) is -0.272. The lowest BCUT2D eigenvalue weighted by Crippen LogP contribution is -2.15. The molecular formula is C14H15IN2O2. The van der Waals surface area contributed by atoms with Crippen molar-refractivity contribution in [2.45, 2.75) is 27.0 Å². The molecule has 0 N–H and O–H groups in total. The fourth-order valence-electron chi connectivity index (χ4n) is 1.74. The molecule has 0 radical (unpaired) electrons. The number of esters is 1. The number of rotatable bonds is 4. The van der Waals surface area contributed by atoms with E-state index in [0.29, 0.717) is 6.61 Å². The quantitative estimate of drug-likeness (QED) is 0.614. The van der Waals surface area contributed by atoms with E-state index in [0.717, 1.165) is 20.5 Å². The number of hydrogen-bond donors (Lipinski definition) is 0. The van der Waals surface area contributed by atoms with Gasteiger partial charge in [-0.15, -0.1) is 0 Å². The third kappa shape index (κ3) is 3.56. The zero-order valence-electron chi connectivity index (χ0n) is 10.9. The predicted molar refractivity (Wildman–Crippen MR) is 80.7 cm³/mol. The Balaban J connectivity index is 1.93. The van der Waals surface area contributed by atoms with Crippen molar-refractivity contribution in [1.82, 2.24) is 9.78 Å². The first-order chi connectivity index (χ1) is 9.08. The number of carbonyl (C=O) groups is 1. The van der Waals surface area contributed by atoms with Gasteiger partial charge >= 0.3 is 5.97 Å². The molecular weight excluding hydrogens is 355 g/mol. The molecule has 0 aliphatic heterocycles. The van der Waals surface area contributed by atoms with Crippen molar-refractivity contribution in [2.75, 3.05) is 0 Å². The third-order valence-corrected chi connectivity index (χ3v) is 4.38. The van der Waals surface area contributed by atoms with E-state index in [9.17, 15) is 4.79 Å². The average molecular weight is 370 g/mol. The Morgan fingerprint density at radius 3 is 2.58 bits per heavy atom. The summed E-state index contributed by atoms with van der Waals surface area (Å²) in [6.07, 6.45) is 0. The van der Waals surface area contributed by atoms with Gasteiger partial charge in [-0.25, -0.2) is 0 Å². The summed E-state index contributed by atoms with van der Waals surface area (Å²) < 4.78 is 8.01. The topological polar surface area (TPSA) is 44.1 Å². The maximum atomic E-state index is 11.8. The molecule has 1 heterocycles. The van der Waals surface area contributed by atoms with Gasteiger partial charge in [-0.2, -0.15) is 5.10 Å². The van der Waals surface area contributed by atoms with Gasteiger partial charge in [0.25, 0.3) is 0 Å². The second-order valence-electron chi connectivity index (χ2n) is 4.29. The van der Waals surface area contributed by atoms with Gasteiger partial charge in [-0.05, 0) is 42.0 Å². The standard InChI is InChI=1S/C14H15IN2O2/c1-10-14(15)11(2)17(16-10)8-13(18)19-9-12-6-4-3-5-7-12/h3-7H,8-9H2,1-2H3. The van der Waals surface area contributed by atoms with Crippen molar-refractivity contribution >= 4 is 28.6 Å². The Morgan fingerprint density at radius 1 is 1.32 bits per heavy atom. The number of aryl methyl sites for hydroxylation is 1. The summed E-state index contributed by atoms with van der Waals surface area (Å²) in [6, 6.07) is 9.64. The third-order valence-electron chi connectivity index (χ3n) is 2.81. The molecule has 0 fully saturated rings. The van der Waals surface area contributed by atoms with E-state index in [2.05, 4.69) is 27.7 Å². The van der Waals surface area contributed by atoms with E-state index in [1.54, 1.807) is 4.68 Å². The van der Waals surface area contributed by atoms with Gasteiger partial charge in [-0.1, -0.05) is 30.3 Å². The Morgan fingerprint density at radius 2 is 2.00 bits per heavy atom. The van der Waals surface area contributed by atoms with Crippen LogP contribution in [0.2, 0.25) is 0 Å². The van der Waals surface area contributed by atoms with Gasteiger partial charge in [0, 0.05) is 5.69 Å². The van der Waals surface area contributed by atoms with Gasteiger partial charge in [0.1, 0.15) is 13.2 Å². The number of halogens is 1. The molecule has 100 valence electrons. The second kappa shape index (κ2) is 6.18. The van der Waals surface area contributed by atoms with E-state index < -0.39 is 0 Å². The molecule has 2 rings (SSSR count). The molecule has 4 nitrogen and oxygen atoms in total. The van der Waals surface area contributed by atoms with E-state index in [1.807, 2.05) is 44.2 Å². The van der Waals surface area contributed by atoms with E-state index in [1.165, 1.54) is 0 Å². The molecule has 5 heteroatoms. The molecule has 1 aromatic carbocycles. The number of hydrogen-bond acceptors (Lipinski definition) is 3. The van der Waals surface area contributed by atoms with E-state index in [-0.39, 0.29) is 12.5 Å². The van der Waals surface area contributed by atoms with Gasteiger partial charge in [0.2, 0.25) is 0 Å². The predicted octanol–water partition coefficient (Wildman–Crippen LogP) is 2.85. The summed E-state index contributed by atoms with van der Waals surface area (Å²) in [5, 5.41) is 4.31. The molecule has 1 aromatic heterocycles. The lowest BCUT2D eigenvalue weighted by molar-refractivity contribution is -0.145. The van der Waals surface area contributed by atoms with Crippen molar-refractivity contribution in [2.24, 2.45) is 0 Å². The van der Waals surface area contributed by atoms with Crippen molar-refractivity contribution < 1.29 is 9.53 Å². The van der Waals surface area contributed by atoms with Crippen LogP contribution in [0.25, 0.3) is 0 Å². The summed E-state index contributed by atoms with van der Waals surface area (Å²) in [4.78, 5) is 11.8. The van der Waals surface area contributed by atoms with Crippen LogP contribution >= 0.6 is 22.6 Å². The maximum Gasteiger partial charge on any atom is 0.328 e. The first kappa shape index (κ1) is 14.0. The van der Waals surface area contributed by atoms with Crippen LogP contribution < -0.4 is 0 Å². The molecule has 19 heavy (non-hydrogen) atoms. The van der Waals surface area contributed by atoms with Gasteiger partial charge < -0.3 is 4.74 Å². The molecule has 0 atom stereocenters. The fourth-order valence-corrected chi connectivity index (χ4v) is 2.12. The largest absolute Gasteiger partial charge is 0.459 e. The average Bonchev–Trinajstić information content (AvgIpc) is 2.65. The lowest BCUT2D eigenvalue weighted by atomic mass is 10.2. The normalized spacial score (nSPS) is 10.5. The maximum absolute atomic E-state index is 11.8. The highest BCUT2D eigenvalue weighted by Crippen LogP contribution is 2.15. The highest BCUT2D eigenvalue weighted by atomic mass is 127. The van der Waals surface area contributed by atoms with Crippen LogP contribution in [-0.2, 0) is 22.7 Å². The fraction of sp³-hybridized carbons (Fsp3) is 0.286. The zero-order valence-corrected chi connectivity index (χ0v) is 13.0. The van der Waals surface area contributed by atoms with Crippen LogP contribution in [0.5, 0.6) is 0 Å². The summed E-state index contributed by atoms with van der Waals surface area (Å²) in [5.41, 5.74) is 2.92. The molecule has 0 saturated carbocycles. The molecule has 0 aliphatic rings. The number of aromatic nitrogens is 2. The van der Waals surface area contributed by atoms with Crippen LogP contribution in [0.3, 0.4) is 0 Å².